The molecule has 2 fully saturated rings. The smallest absolute Gasteiger partial charge is 0.403 e. The molecule has 2 aromatic carbocycles. The lowest BCUT2D eigenvalue weighted by atomic mass is 9.70. The predicted molar refractivity (Wildman–Crippen MR) is 125 cm³/mol. The van der Waals surface area contributed by atoms with Crippen molar-refractivity contribution in [1.82, 2.24) is 0 Å². The van der Waals surface area contributed by atoms with Crippen molar-refractivity contribution in [1.29, 1.82) is 0 Å². The van der Waals surface area contributed by atoms with Crippen LogP contribution in [0.1, 0.15) is 51.2 Å². The Bertz CT molecular complexity index is 1130. The van der Waals surface area contributed by atoms with Gasteiger partial charge in [0.15, 0.2) is 0 Å². The van der Waals surface area contributed by atoms with Crippen molar-refractivity contribution < 1.29 is 18.5 Å². The lowest BCUT2D eigenvalue weighted by molar-refractivity contribution is 0.0107. The molecule has 7 heteroatoms. The number of phosphoric acid groups is 1. The van der Waals surface area contributed by atoms with Gasteiger partial charge in [0, 0.05) is 25.9 Å². The first-order valence-corrected chi connectivity index (χ1v) is 13.3. The van der Waals surface area contributed by atoms with Crippen LogP contribution in [0.4, 0.5) is 0 Å². The minimum absolute atomic E-state index is 0.0783. The Morgan fingerprint density at radius 2 is 1.87 bits per heavy atom. The van der Waals surface area contributed by atoms with Crippen molar-refractivity contribution in [3.05, 3.63) is 58.6 Å². The van der Waals surface area contributed by atoms with Gasteiger partial charge in [-0.05, 0) is 60.3 Å². The van der Waals surface area contributed by atoms with E-state index in [-0.39, 0.29) is 16.9 Å². The molecule has 0 radical (unpaired) electrons. The van der Waals surface area contributed by atoms with Gasteiger partial charge in [-0.2, -0.15) is 0 Å². The number of hydrogen-bond donors (Lipinski definition) is 1. The molecule has 2 saturated carbocycles. The predicted octanol–water partition coefficient (Wildman–Crippen LogP) is 7.65. The summed E-state index contributed by atoms with van der Waals surface area (Å²) in [6.45, 7) is 6.67. The maximum atomic E-state index is 13.2. The van der Waals surface area contributed by atoms with Gasteiger partial charge in [-0.15, -0.1) is 0 Å². The minimum Gasteiger partial charge on any atom is -0.403 e. The molecule has 0 amide bonds. The van der Waals surface area contributed by atoms with Gasteiger partial charge < -0.3 is 4.52 Å². The topological polar surface area (TPSA) is 55.8 Å². The average molecular weight is 477 g/mol. The third kappa shape index (κ3) is 3.50. The fraction of sp³-hybridized carbons (Fsp3) is 0.417. The number of halogens is 1. The van der Waals surface area contributed by atoms with Gasteiger partial charge in [0.2, 0.25) is 0 Å². The second-order valence-corrected chi connectivity index (χ2v) is 12.3. The number of hydrogen-bond acceptors (Lipinski definition) is 4. The van der Waals surface area contributed by atoms with Crippen LogP contribution in [-0.2, 0) is 13.6 Å². The number of fused-ring (bicyclic) bond motifs is 4. The molecule has 3 aliphatic rings. The van der Waals surface area contributed by atoms with Gasteiger partial charge >= 0.3 is 7.82 Å². The zero-order valence-corrected chi connectivity index (χ0v) is 20.3. The first kappa shape index (κ1) is 21.6. The molecule has 0 spiro atoms. The minimum atomic E-state index is -4.36. The van der Waals surface area contributed by atoms with E-state index in [9.17, 15) is 9.46 Å². The number of benzene rings is 2. The molecule has 1 heterocycles. The van der Waals surface area contributed by atoms with E-state index in [2.05, 4.69) is 20.8 Å². The van der Waals surface area contributed by atoms with Crippen molar-refractivity contribution in [2.75, 3.05) is 0 Å². The zero-order chi connectivity index (χ0) is 22.0. The Balaban J connectivity index is 1.48. The third-order valence-corrected chi connectivity index (χ3v) is 10.3. The standard InChI is InChI=1S/C24H26ClO4PS/c1-23(2)15-11-12-24(23,3)22(13-15)29-30(26,27)28-19-14-17-18(25)8-6-10-21(17)31-20-9-5-4-7-16(19)20/h4-10,14-15,22H,11-13H2,1-3H3,(H,26,27)/t15-,22+,24+/m0/s1. The van der Waals surface area contributed by atoms with Crippen molar-refractivity contribution in [3.8, 4) is 0 Å². The molecule has 2 aromatic rings. The maximum Gasteiger partial charge on any atom is 0.527 e. The Hall–Kier alpha value is -1.23. The molecule has 4 atom stereocenters. The molecular weight excluding hydrogens is 451 g/mol. The second-order valence-electron chi connectivity index (χ2n) is 9.52. The van der Waals surface area contributed by atoms with Crippen molar-refractivity contribution in [3.63, 3.8) is 0 Å². The normalized spacial score (nSPS) is 30.0. The Labute approximate surface area is 192 Å². The summed E-state index contributed by atoms with van der Waals surface area (Å²) in [5, 5.41) is 0.565. The fourth-order valence-corrected chi connectivity index (χ4v) is 7.96. The number of rotatable bonds is 4. The van der Waals surface area contributed by atoms with Gasteiger partial charge in [-0.1, -0.05) is 68.4 Å². The van der Waals surface area contributed by atoms with E-state index < -0.39 is 7.82 Å². The van der Waals surface area contributed by atoms with Gasteiger partial charge in [0.25, 0.3) is 0 Å². The molecule has 1 N–H and O–H groups in total. The molecule has 1 aliphatic heterocycles. The van der Waals surface area contributed by atoms with E-state index in [0.29, 0.717) is 16.7 Å². The van der Waals surface area contributed by atoms with Crippen LogP contribution in [-0.4, -0.2) is 11.0 Å². The van der Waals surface area contributed by atoms with E-state index in [1.165, 1.54) is 0 Å². The first-order valence-electron chi connectivity index (χ1n) is 10.6. The van der Waals surface area contributed by atoms with Crippen molar-refractivity contribution in [2.24, 2.45) is 16.7 Å². The van der Waals surface area contributed by atoms with Crippen LogP contribution in [0.25, 0.3) is 11.8 Å². The summed E-state index contributed by atoms with van der Waals surface area (Å²) in [4.78, 5) is 12.7. The summed E-state index contributed by atoms with van der Waals surface area (Å²) >= 11 is 8.01. The summed E-state index contributed by atoms with van der Waals surface area (Å²) in [6, 6.07) is 13.4. The maximum absolute atomic E-state index is 13.2. The summed E-state index contributed by atoms with van der Waals surface area (Å²) in [5.74, 6) is 0.802. The molecule has 0 aromatic heterocycles. The molecule has 31 heavy (non-hydrogen) atoms. The SMILES string of the molecule is CC1(C)[C@H]2CC[C@]1(C)[C@H](OP(=O)(O)OC1=Cc3c(Cl)cccc3Sc3ccccc31)C2. The Morgan fingerprint density at radius 3 is 2.58 bits per heavy atom. The lowest BCUT2D eigenvalue weighted by Gasteiger charge is -2.39. The van der Waals surface area contributed by atoms with E-state index >= 15 is 0 Å². The van der Waals surface area contributed by atoms with Crippen molar-refractivity contribution in [2.45, 2.75) is 55.9 Å². The highest BCUT2D eigenvalue weighted by atomic mass is 35.5. The van der Waals surface area contributed by atoms with Crippen LogP contribution in [0.2, 0.25) is 5.02 Å². The summed E-state index contributed by atoms with van der Waals surface area (Å²) in [5.41, 5.74) is 1.46. The van der Waals surface area contributed by atoms with Crippen LogP contribution in [0, 0.1) is 16.7 Å². The molecular formula is C24H26ClO4PS. The summed E-state index contributed by atoms with van der Waals surface area (Å²) < 4.78 is 24.8. The molecule has 5 rings (SSSR count). The molecule has 1 unspecified atom stereocenters. The van der Waals surface area contributed by atoms with E-state index in [4.69, 9.17) is 20.6 Å². The molecule has 2 bridgehead atoms. The Morgan fingerprint density at radius 1 is 1.13 bits per heavy atom. The summed E-state index contributed by atoms with van der Waals surface area (Å²) in [7, 11) is -4.36. The van der Waals surface area contributed by atoms with Gasteiger partial charge in [-0.25, -0.2) is 4.57 Å². The average Bonchev–Trinajstić information content (AvgIpc) is 2.95. The largest absolute Gasteiger partial charge is 0.527 e. The highest BCUT2D eigenvalue weighted by molar-refractivity contribution is 7.99. The van der Waals surface area contributed by atoms with E-state index in [0.717, 1.165) is 40.2 Å². The summed E-state index contributed by atoms with van der Waals surface area (Å²) in [6.07, 6.45) is 4.38. The van der Waals surface area contributed by atoms with E-state index in [1.54, 1.807) is 23.9 Å². The third-order valence-electron chi connectivity index (χ3n) is 7.85. The van der Waals surface area contributed by atoms with Crippen LogP contribution < -0.4 is 0 Å². The van der Waals surface area contributed by atoms with Gasteiger partial charge in [0.05, 0.1) is 6.10 Å². The fourth-order valence-electron chi connectivity index (χ4n) is 5.50. The van der Waals surface area contributed by atoms with Crippen LogP contribution in [0.3, 0.4) is 0 Å². The van der Waals surface area contributed by atoms with E-state index in [1.807, 2.05) is 36.4 Å². The Kier molecular flexibility index (Phi) is 5.16. The molecule has 4 nitrogen and oxygen atoms in total. The quantitative estimate of drug-likeness (QED) is 0.459. The highest BCUT2D eigenvalue weighted by Gasteiger charge is 2.63. The van der Waals surface area contributed by atoms with Crippen LogP contribution in [0.5, 0.6) is 0 Å². The lowest BCUT2D eigenvalue weighted by Crippen LogP contribution is -2.36. The second kappa shape index (κ2) is 7.40. The first-order chi connectivity index (χ1) is 14.6. The monoisotopic (exact) mass is 476 g/mol. The van der Waals surface area contributed by atoms with Gasteiger partial charge in [0.1, 0.15) is 5.76 Å². The molecule has 164 valence electrons. The number of phosphoric ester groups is 1. The van der Waals surface area contributed by atoms with Crippen molar-refractivity contribution >= 4 is 43.0 Å². The zero-order valence-electron chi connectivity index (χ0n) is 17.8. The highest BCUT2D eigenvalue weighted by Crippen LogP contribution is 2.69. The van der Waals surface area contributed by atoms with Crippen LogP contribution >= 0.6 is 31.2 Å². The van der Waals surface area contributed by atoms with Crippen LogP contribution in [0.15, 0.2) is 52.3 Å². The van der Waals surface area contributed by atoms with Gasteiger partial charge in [-0.3, -0.25) is 9.42 Å². The molecule has 0 saturated heterocycles. The molecule has 2 aliphatic carbocycles.